The van der Waals surface area contributed by atoms with Gasteiger partial charge in [0.05, 0.1) is 34.0 Å². The summed E-state index contributed by atoms with van der Waals surface area (Å²) >= 11 is 9.50. The van der Waals surface area contributed by atoms with Gasteiger partial charge in [0.25, 0.3) is 0 Å². The van der Waals surface area contributed by atoms with Gasteiger partial charge in [-0.2, -0.15) is 0 Å². The number of carbonyl (C=O) groups is 1. The Morgan fingerprint density at radius 1 is 1.25 bits per heavy atom. The molecule has 0 atom stereocenters. The smallest absolute Gasteiger partial charge is 0.339 e. The topological polar surface area (TPSA) is 47.9 Å². The zero-order valence-corrected chi connectivity index (χ0v) is 15.9. The van der Waals surface area contributed by atoms with E-state index in [4.69, 9.17) is 21.1 Å². The van der Waals surface area contributed by atoms with Gasteiger partial charge in [0.15, 0.2) is 0 Å². The fourth-order valence-corrected chi connectivity index (χ4v) is 2.69. The largest absolute Gasteiger partial charge is 0.496 e. The maximum absolute atomic E-state index is 12.0. The number of rotatable bonds is 5. The molecule has 0 heterocycles. The minimum Gasteiger partial charge on any atom is -0.496 e. The molecule has 0 amide bonds. The summed E-state index contributed by atoms with van der Waals surface area (Å²) in [5, 5.41) is 0.340. The van der Waals surface area contributed by atoms with Gasteiger partial charge in [0.2, 0.25) is 0 Å². The van der Waals surface area contributed by atoms with Gasteiger partial charge in [-0.15, -0.1) is 0 Å². The first kappa shape index (κ1) is 18.5. The van der Waals surface area contributed by atoms with Gasteiger partial charge >= 0.3 is 5.97 Å². The average Bonchev–Trinajstić information content (AvgIpc) is 2.53. The van der Waals surface area contributed by atoms with Crippen molar-refractivity contribution in [1.29, 1.82) is 0 Å². The summed E-state index contributed by atoms with van der Waals surface area (Å²) in [5.74, 6) is 0.289. The molecule has 4 nitrogen and oxygen atoms in total. The Labute approximate surface area is 154 Å². The van der Waals surface area contributed by atoms with E-state index < -0.39 is 5.97 Å². The minimum atomic E-state index is -0.459. The van der Waals surface area contributed by atoms with Crippen LogP contribution in [0.4, 0.5) is 5.69 Å². The Morgan fingerprint density at radius 3 is 2.62 bits per heavy atom. The third kappa shape index (κ3) is 4.82. The van der Waals surface area contributed by atoms with Crippen LogP contribution in [0.5, 0.6) is 5.75 Å². The number of halogens is 2. The van der Waals surface area contributed by atoms with E-state index in [2.05, 4.69) is 20.9 Å². The van der Waals surface area contributed by atoms with Crippen LogP contribution in [0, 0.1) is 0 Å². The summed E-state index contributed by atoms with van der Waals surface area (Å²) in [5.41, 5.74) is 1.81. The lowest BCUT2D eigenvalue weighted by Gasteiger charge is -2.09. The molecule has 0 aliphatic carbocycles. The van der Waals surface area contributed by atoms with Gasteiger partial charge in [-0.3, -0.25) is 4.99 Å². The van der Waals surface area contributed by atoms with Crippen molar-refractivity contribution in [1.82, 2.24) is 0 Å². The van der Waals surface area contributed by atoms with Crippen LogP contribution in [0.3, 0.4) is 0 Å². The van der Waals surface area contributed by atoms with Crippen LogP contribution in [-0.2, 0) is 4.74 Å². The van der Waals surface area contributed by atoms with Crippen molar-refractivity contribution >= 4 is 45.4 Å². The molecule has 126 valence electrons. The van der Waals surface area contributed by atoms with Gasteiger partial charge in [0, 0.05) is 6.21 Å². The molecule has 6 heteroatoms. The number of nitrogens with zero attached hydrogens (tertiary/aromatic N) is 1. The molecule has 0 aliphatic heterocycles. The lowest BCUT2D eigenvalue weighted by Crippen LogP contribution is -2.11. The lowest BCUT2D eigenvalue weighted by atomic mass is 10.2. The average molecular weight is 411 g/mol. The molecule has 0 N–H and O–H groups in total. The molecule has 0 aliphatic rings. The molecule has 2 aromatic rings. The number of hydrogen-bond acceptors (Lipinski definition) is 4. The number of ether oxygens (including phenoxy) is 2. The lowest BCUT2D eigenvalue weighted by molar-refractivity contribution is 0.0378. The summed E-state index contributed by atoms with van der Waals surface area (Å²) < 4.78 is 11.2. The number of esters is 1. The van der Waals surface area contributed by atoms with Crippen LogP contribution in [0.2, 0.25) is 5.02 Å². The Bertz CT molecular complexity index is 775. The second kappa shape index (κ2) is 8.31. The van der Waals surface area contributed by atoms with E-state index >= 15 is 0 Å². The van der Waals surface area contributed by atoms with Crippen molar-refractivity contribution in [3.8, 4) is 5.75 Å². The zero-order chi connectivity index (χ0) is 17.7. The van der Waals surface area contributed by atoms with Crippen LogP contribution in [0.1, 0.15) is 29.8 Å². The molecule has 0 saturated heterocycles. The Morgan fingerprint density at radius 2 is 2.00 bits per heavy atom. The summed E-state index contributed by atoms with van der Waals surface area (Å²) in [6, 6.07) is 10.6. The number of benzene rings is 2. The fourth-order valence-electron chi connectivity index (χ4n) is 1.94. The van der Waals surface area contributed by atoms with E-state index in [1.807, 2.05) is 18.2 Å². The summed E-state index contributed by atoms with van der Waals surface area (Å²) in [7, 11) is 1.61. The van der Waals surface area contributed by atoms with Crippen molar-refractivity contribution in [2.75, 3.05) is 7.11 Å². The third-order valence-electron chi connectivity index (χ3n) is 3.05. The molecular formula is C18H17BrClNO3. The maximum Gasteiger partial charge on any atom is 0.339 e. The second-order valence-corrected chi connectivity index (χ2v) is 6.53. The van der Waals surface area contributed by atoms with Crippen LogP contribution < -0.4 is 4.74 Å². The molecule has 24 heavy (non-hydrogen) atoms. The molecular weight excluding hydrogens is 394 g/mol. The predicted molar refractivity (Wildman–Crippen MR) is 100.0 cm³/mol. The molecule has 0 saturated carbocycles. The van der Waals surface area contributed by atoms with Crippen molar-refractivity contribution < 1.29 is 14.3 Å². The van der Waals surface area contributed by atoms with E-state index in [9.17, 15) is 4.79 Å². The van der Waals surface area contributed by atoms with E-state index in [1.54, 1.807) is 45.4 Å². The SMILES string of the molecule is COc1ccc(C=Nc2ccc(Cl)c(C(=O)OC(C)C)c2)cc1Br. The van der Waals surface area contributed by atoms with Crippen LogP contribution >= 0.6 is 27.5 Å². The second-order valence-electron chi connectivity index (χ2n) is 5.27. The molecule has 0 unspecified atom stereocenters. The Balaban J connectivity index is 2.23. The van der Waals surface area contributed by atoms with E-state index in [0.29, 0.717) is 16.3 Å². The Kier molecular flexibility index (Phi) is 6.40. The summed E-state index contributed by atoms with van der Waals surface area (Å²) in [6.07, 6.45) is 1.49. The van der Waals surface area contributed by atoms with Gasteiger partial charge in [-0.25, -0.2) is 4.79 Å². The molecule has 2 rings (SSSR count). The molecule has 0 aromatic heterocycles. The first-order valence-corrected chi connectivity index (χ1v) is 8.46. The van der Waals surface area contributed by atoms with Crippen LogP contribution in [0.15, 0.2) is 45.9 Å². The van der Waals surface area contributed by atoms with Crippen molar-refractivity contribution in [3.05, 3.63) is 57.0 Å². The number of hydrogen-bond donors (Lipinski definition) is 0. The first-order chi connectivity index (χ1) is 11.4. The highest BCUT2D eigenvalue weighted by molar-refractivity contribution is 9.10. The van der Waals surface area contributed by atoms with E-state index in [0.717, 1.165) is 15.8 Å². The van der Waals surface area contributed by atoms with Gasteiger partial charge in [-0.05, 0) is 71.7 Å². The predicted octanol–water partition coefficient (Wildman–Crippen LogP) is 5.43. The van der Waals surface area contributed by atoms with Gasteiger partial charge < -0.3 is 9.47 Å². The van der Waals surface area contributed by atoms with Crippen molar-refractivity contribution in [2.45, 2.75) is 20.0 Å². The molecule has 0 fully saturated rings. The van der Waals surface area contributed by atoms with Crippen molar-refractivity contribution in [2.24, 2.45) is 4.99 Å². The Hall–Kier alpha value is -1.85. The number of aliphatic imine (C=N–C) groups is 1. The zero-order valence-electron chi connectivity index (χ0n) is 13.5. The van der Waals surface area contributed by atoms with Crippen molar-refractivity contribution in [3.63, 3.8) is 0 Å². The highest BCUT2D eigenvalue weighted by atomic mass is 79.9. The van der Waals surface area contributed by atoms with Crippen LogP contribution in [-0.4, -0.2) is 25.4 Å². The summed E-state index contributed by atoms with van der Waals surface area (Å²) in [6.45, 7) is 3.57. The van der Waals surface area contributed by atoms with Gasteiger partial charge in [0.1, 0.15) is 5.75 Å². The van der Waals surface area contributed by atoms with E-state index in [-0.39, 0.29) is 6.10 Å². The monoisotopic (exact) mass is 409 g/mol. The van der Waals surface area contributed by atoms with Gasteiger partial charge in [-0.1, -0.05) is 11.6 Å². The highest BCUT2D eigenvalue weighted by Crippen LogP contribution is 2.26. The summed E-state index contributed by atoms with van der Waals surface area (Å²) in [4.78, 5) is 16.4. The fraction of sp³-hybridized carbons (Fsp3) is 0.222. The standard InChI is InChI=1S/C18H17BrClNO3/c1-11(2)24-18(22)14-9-13(5-6-16(14)20)21-10-12-4-7-17(23-3)15(19)8-12/h4-11H,1-3H3. The van der Waals surface area contributed by atoms with Crippen LogP contribution in [0.25, 0.3) is 0 Å². The maximum atomic E-state index is 12.0. The number of carbonyl (C=O) groups excluding carboxylic acids is 1. The normalized spacial score (nSPS) is 11.1. The molecule has 0 spiro atoms. The molecule has 0 radical (unpaired) electrons. The molecule has 0 bridgehead atoms. The number of methoxy groups -OCH3 is 1. The van der Waals surface area contributed by atoms with E-state index in [1.165, 1.54) is 0 Å². The third-order valence-corrected chi connectivity index (χ3v) is 4.00. The highest BCUT2D eigenvalue weighted by Gasteiger charge is 2.14. The molecule has 2 aromatic carbocycles. The first-order valence-electron chi connectivity index (χ1n) is 7.29. The minimum absolute atomic E-state index is 0.211. The quantitative estimate of drug-likeness (QED) is 0.488.